The van der Waals surface area contributed by atoms with E-state index in [0.29, 0.717) is 12.4 Å². The predicted octanol–water partition coefficient (Wildman–Crippen LogP) is 4.94. The molecule has 2 rings (SSSR count). The van der Waals surface area contributed by atoms with E-state index in [0.717, 1.165) is 22.2 Å². The number of para-hydroxylation sites is 1. The zero-order chi connectivity index (χ0) is 19.3. The van der Waals surface area contributed by atoms with Gasteiger partial charge in [0.05, 0.1) is 12.8 Å². The zero-order valence-electron chi connectivity index (χ0n) is 15.5. The van der Waals surface area contributed by atoms with Gasteiger partial charge in [-0.3, -0.25) is 4.79 Å². The molecule has 6 heteroatoms. The monoisotopic (exact) mass is 432 g/mol. The lowest BCUT2D eigenvalue weighted by molar-refractivity contribution is -0.123. The maximum absolute atomic E-state index is 11.9. The van der Waals surface area contributed by atoms with Crippen molar-refractivity contribution in [2.24, 2.45) is 5.10 Å². The Morgan fingerprint density at radius 3 is 2.78 bits per heavy atom. The third-order valence-corrected chi connectivity index (χ3v) is 4.23. The topological polar surface area (TPSA) is 59.9 Å². The molecule has 0 aliphatic carbocycles. The van der Waals surface area contributed by atoms with Crippen LogP contribution in [0.2, 0.25) is 0 Å². The van der Waals surface area contributed by atoms with Crippen LogP contribution in [0.4, 0.5) is 0 Å². The molecule has 0 unspecified atom stereocenters. The molecule has 27 heavy (non-hydrogen) atoms. The second-order valence-electron chi connectivity index (χ2n) is 5.99. The van der Waals surface area contributed by atoms with Crippen molar-refractivity contribution >= 4 is 28.1 Å². The van der Waals surface area contributed by atoms with E-state index in [1.54, 1.807) is 18.3 Å². The molecule has 5 nitrogen and oxygen atoms in total. The average molecular weight is 433 g/mol. The summed E-state index contributed by atoms with van der Waals surface area (Å²) in [4.78, 5) is 11.9. The number of benzene rings is 2. The molecule has 1 amide bonds. The fraction of sp³-hybridized carbons (Fsp3) is 0.333. The molecule has 0 aromatic heterocycles. The molecular weight excluding hydrogens is 408 g/mol. The second-order valence-corrected chi connectivity index (χ2v) is 6.90. The molecule has 144 valence electrons. The minimum absolute atomic E-state index is 0.108. The molecule has 0 saturated heterocycles. The van der Waals surface area contributed by atoms with Crippen molar-refractivity contribution in [3.63, 3.8) is 0 Å². The molecule has 0 spiro atoms. The number of rotatable bonds is 11. The van der Waals surface area contributed by atoms with Crippen LogP contribution in [-0.4, -0.2) is 25.3 Å². The van der Waals surface area contributed by atoms with Crippen LogP contribution >= 0.6 is 15.9 Å². The Morgan fingerprint density at radius 1 is 1.11 bits per heavy atom. The van der Waals surface area contributed by atoms with Gasteiger partial charge in [0.1, 0.15) is 11.5 Å². The molecule has 0 heterocycles. The van der Waals surface area contributed by atoms with Gasteiger partial charge in [-0.25, -0.2) is 5.43 Å². The van der Waals surface area contributed by atoms with Crippen LogP contribution < -0.4 is 14.9 Å². The van der Waals surface area contributed by atoms with E-state index in [9.17, 15) is 4.79 Å². The minimum Gasteiger partial charge on any atom is -0.493 e. The molecule has 1 N–H and O–H groups in total. The smallest absolute Gasteiger partial charge is 0.277 e. The summed E-state index contributed by atoms with van der Waals surface area (Å²) in [5, 5.41) is 4.00. The maximum atomic E-state index is 11.9. The van der Waals surface area contributed by atoms with Gasteiger partial charge in [-0.05, 0) is 36.8 Å². The van der Waals surface area contributed by atoms with Gasteiger partial charge < -0.3 is 9.47 Å². The van der Waals surface area contributed by atoms with Crippen molar-refractivity contribution in [1.82, 2.24) is 5.43 Å². The highest BCUT2D eigenvalue weighted by molar-refractivity contribution is 9.10. The first-order valence-corrected chi connectivity index (χ1v) is 9.90. The van der Waals surface area contributed by atoms with Crippen LogP contribution in [0.15, 0.2) is 58.1 Å². The van der Waals surface area contributed by atoms with E-state index in [-0.39, 0.29) is 12.5 Å². The molecule has 0 bridgehead atoms. The van der Waals surface area contributed by atoms with Crippen molar-refractivity contribution < 1.29 is 14.3 Å². The van der Waals surface area contributed by atoms with Gasteiger partial charge in [0.15, 0.2) is 6.61 Å². The molecule has 0 saturated carbocycles. The predicted molar refractivity (Wildman–Crippen MR) is 111 cm³/mol. The van der Waals surface area contributed by atoms with E-state index >= 15 is 0 Å². The molecule has 0 radical (unpaired) electrons. The number of nitrogens with zero attached hydrogens (tertiary/aromatic N) is 1. The van der Waals surface area contributed by atoms with E-state index in [4.69, 9.17) is 9.47 Å². The molecule has 2 aromatic rings. The molecule has 0 atom stereocenters. The third-order valence-electron chi connectivity index (χ3n) is 3.73. The van der Waals surface area contributed by atoms with Gasteiger partial charge in [0.2, 0.25) is 0 Å². The summed E-state index contributed by atoms with van der Waals surface area (Å²) in [7, 11) is 0. The SMILES string of the molecule is CCCCCCOc1ccccc1C=NNC(=O)COc1cccc(Br)c1. The van der Waals surface area contributed by atoms with Gasteiger partial charge in [-0.15, -0.1) is 0 Å². The Labute approximate surface area is 168 Å². The van der Waals surface area contributed by atoms with E-state index in [1.165, 1.54) is 19.3 Å². The maximum Gasteiger partial charge on any atom is 0.277 e. The van der Waals surface area contributed by atoms with Gasteiger partial charge in [-0.1, -0.05) is 60.3 Å². The lowest BCUT2D eigenvalue weighted by Crippen LogP contribution is -2.24. The summed E-state index contributed by atoms with van der Waals surface area (Å²) in [6.45, 7) is 2.76. The lowest BCUT2D eigenvalue weighted by atomic mass is 10.2. The summed E-state index contributed by atoms with van der Waals surface area (Å²) in [6, 6.07) is 14.9. The van der Waals surface area contributed by atoms with E-state index < -0.39 is 0 Å². The Hall–Kier alpha value is -2.34. The van der Waals surface area contributed by atoms with Crippen LogP contribution in [0.3, 0.4) is 0 Å². The number of nitrogens with one attached hydrogen (secondary N) is 1. The third kappa shape index (κ3) is 8.26. The number of halogens is 1. The molecule has 2 aromatic carbocycles. The number of ether oxygens (including phenoxy) is 2. The normalized spacial score (nSPS) is 10.7. The van der Waals surface area contributed by atoms with Crippen LogP contribution in [0.1, 0.15) is 38.2 Å². The highest BCUT2D eigenvalue weighted by Gasteiger charge is 2.03. The van der Waals surface area contributed by atoms with Crippen molar-refractivity contribution in [1.29, 1.82) is 0 Å². The lowest BCUT2D eigenvalue weighted by Gasteiger charge is -2.08. The van der Waals surface area contributed by atoms with Gasteiger partial charge in [-0.2, -0.15) is 5.10 Å². The highest BCUT2D eigenvalue weighted by atomic mass is 79.9. The summed E-state index contributed by atoms with van der Waals surface area (Å²) >= 11 is 3.36. The number of hydrogen-bond acceptors (Lipinski definition) is 4. The fourth-order valence-corrected chi connectivity index (χ4v) is 2.72. The quantitative estimate of drug-likeness (QED) is 0.310. The van der Waals surface area contributed by atoms with Crippen LogP contribution in [0, 0.1) is 0 Å². The van der Waals surface area contributed by atoms with Crippen LogP contribution in [-0.2, 0) is 4.79 Å². The zero-order valence-corrected chi connectivity index (χ0v) is 17.1. The van der Waals surface area contributed by atoms with Crippen molar-refractivity contribution in [3.05, 3.63) is 58.6 Å². The Kier molecular flexibility index (Phi) is 9.41. The minimum atomic E-state index is -0.329. The molecule has 0 aliphatic heterocycles. The number of carbonyl (C=O) groups excluding carboxylic acids is 1. The first-order valence-electron chi connectivity index (χ1n) is 9.11. The number of hydrazone groups is 1. The van der Waals surface area contributed by atoms with Crippen molar-refractivity contribution in [2.45, 2.75) is 32.6 Å². The average Bonchev–Trinajstić information content (AvgIpc) is 2.67. The van der Waals surface area contributed by atoms with Crippen molar-refractivity contribution in [2.75, 3.05) is 13.2 Å². The highest BCUT2D eigenvalue weighted by Crippen LogP contribution is 2.18. The Balaban J connectivity index is 1.78. The number of amides is 1. The summed E-state index contributed by atoms with van der Waals surface area (Å²) in [5.74, 6) is 1.05. The standard InChI is InChI=1S/C21H25BrN2O3/c1-2-3-4-7-13-26-20-12-6-5-9-17(20)15-23-24-21(25)16-27-19-11-8-10-18(22)14-19/h5-6,8-12,14-15H,2-4,7,13,16H2,1H3,(H,24,25). The van der Waals surface area contributed by atoms with Crippen LogP contribution in [0.25, 0.3) is 0 Å². The number of carbonyl (C=O) groups is 1. The summed E-state index contributed by atoms with van der Waals surface area (Å²) in [5.41, 5.74) is 3.29. The van der Waals surface area contributed by atoms with Crippen LogP contribution in [0.5, 0.6) is 11.5 Å². The Bertz CT molecular complexity index is 750. The number of unbranched alkanes of at least 4 members (excludes halogenated alkanes) is 3. The molecular formula is C21H25BrN2O3. The summed E-state index contributed by atoms with van der Waals surface area (Å²) < 4.78 is 12.1. The van der Waals surface area contributed by atoms with Gasteiger partial charge >= 0.3 is 0 Å². The summed E-state index contributed by atoms with van der Waals surface area (Å²) in [6.07, 6.45) is 6.21. The van der Waals surface area contributed by atoms with Gasteiger partial charge in [0.25, 0.3) is 5.91 Å². The first kappa shape index (κ1) is 21.0. The molecule has 0 fully saturated rings. The Morgan fingerprint density at radius 2 is 1.96 bits per heavy atom. The second kappa shape index (κ2) is 12.1. The van der Waals surface area contributed by atoms with E-state index in [2.05, 4.69) is 33.4 Å². The van der Waals surface area contributed by atoms with Crippen molar-refractivity contribution in [3.8, 4) is 11.5 Å². The van der Waals surface area contributed by atoms with E-state index in [1.807, 2.05) is 36.4 Å². The molecule has 0 aliphatic rings. The van der Waals surface area contributed by atoms with Gasteiger partial charge in [0, 0.05) is 10.0 Å². The fourth-order valence-electron chi connectivity index (χ4n) is 2.34. The largest absolute Gasteiger partial charge is 0.493 e. The number of hydrogen-bond donors (Lipinski definition) is 1. The first-order chi connectivity index (χ1) is 13.2.